The fourth-order valence-electron chi connectivity index (χ4n) is 4.08. The molecule has 2 aliphatic rings. The van der Waals surface area contributed by atoms with Crippen LogP contribution in [0.5, 0.6) is 0 Å². The molecule has 2 amide bonds. The quantitative estimate of drug-likeness (QED) is 0.722. The van der Waals surface area contributed by atoms with Crippen LogP contribution < -0.4 is 0 Å². The third-order valence-corrected chi connectivity index (χ3v) is 6.05. The Morgan fingerprint density at radius 3 is 2.37 bits per heavy atom. The maximum atomic E-state index is 14.7. The second-order valence-electron chi connectivity index (χ2n) is 7.71. The summed E-state index contributed by atoms with van der Waals surface area (Å²) in [4.78, 5) is 32.2. The van der Waals surface area contributed by atoms with Crippen molar-refractivity contribution in [3.05, 3.63) is 34.5 Å². The number of halogens is 5. The molecule has 0 radical (unpaired) electrons. The molecule has 30 heavy (non-hydrogen) atoms. The van der Waals surface area contributed by atoms with Crippen molar-refractivity contribution in [3.63, 3.8) is 0 Å². The average Bonchev–Trinajstić information content (AvgIpc) is 3.19. The standard InChI is InChI=1S/C19H19ClF4N4O2/c1-26-9-19(23,24)8-12(26)17(29)27-4-6-28(7-5-27)18(30)16-15(22)13-11(25-16)3-2-10(21)14(13)20/h2-3,12,25H,4-9H2,1H3/t12-/m0/s1. The Morgan fingerprint density at radius 1 is 1.13 bits per heavy atom. The molecular formula is C19H19ClF4N4O2. The zero-order chi connectivity index (χ0) is 21.8. The Labute approximate surface area is 174 Å². The predicted octanol–water partition coefficient (Wildman–Crippen LogP) is 2.72. The molecule has 4 rings (SSSR count). The van der Waals surface area contributed by atoms with E-state index in [-0.39, 0.29) is 42.8 Å². The summed E-state index contributed by atoms with van der Waals surface area (Å²) in [6, 6.07) is 1.47. The summed E-state index contributed by atoms with van der Waals surface area (Å²) in [5.41, 5.74) is -0.145. The third-order valence-electron chi connectivity index (χ3n) is 5.68. The smallest absolute Gasteiger partial charge is 0.273 e. The van der Waals surface area contributed by atoms with Gasteiger partial charge >= 0.3 is 0 Å². The number of carbonyl (C=O) groups excluding carboxylic acids is 2. The van der Waals surface area contributed by atoms with E-state index in [1.807, 2.05) is 0 Å². The topological polar surface area (TPSA) is 59.7 Å². The molecule has 0 aliphatic carbocycles. The van der Waals surface area contributed by atoms with Crippen molar-refractivity contribution in [2.75, 3.05) is 39.8 Å². The van der Waals surface area contributed by atoms with Crippen molar-refractivity contribution in [2.24, 2.45) is 0 Å². The molecule has 1 atom stereocenters. The number of nitrogens with one attached hydrogen (secondary N) is 1. The Balaban J connectivity index is 1.45. The Bertz CT molecular complexity index is 1020. The van der Waals surface area contributed by atoms with Gasteiger partial charge in [-0.1, -0.05) is 11.6 Å². The summed E-state index contributed by atoms with van der Waals surface area (Å²) >= 11 is 5.82. The molecular weight excluding hydrogens is 428 g/mol. The zero-order valence-electron chi connectivity index (χ0n) is 16.0. The highest BCUT2D eigenvalue weighted by atomic mass is 35.5. The summed E-state index contributed by atoms with van der Waals surface area (Å²) in [6.07, 6.45) is -0.529. The summed E-state index contributed by atoms with van der Waals surface area (Å²) in [5.74, 6) is -5.68. The van der Waals surface area contributed by atoms with Crippen LogP contribution >= 0.6 is 11.6 Å². The number of H-pyrrole nitrogens is 1. The van der Waals surface area contributed by atoms with Crippen LogP contribution in [-0.4, -0.2) is 83.2 Å². The number of carbonyl (C=O) groups is 2. The van der Waals surface area contributed by atoms with Crippen molar-refractivity contribution in [1.29, 1.82) is 0 Å². The molecule has 2 saturated heterocycles. The number of nitrogens with zero attached hydrogens (tertiary/aromatic N) is 3. The molecule has 0 spiro atoms. The van der Waals surface area contributed by atoms with Crippen LogP contribution in [0.4, 0.5) is 17.6 Å². The van der Waals surface area contributed by atoms with Crippen molar-refractivity contribution in [1.82, 2.24) is 19.7 Å². The Kier molecular flexibility index (Phi) is 5.17. The molecule has 11 heteroatoms. The summed E-state index contributed by atoms with van der Waals surface area (Å²) in [6.45, 7) is 0.0721. The second-order valence-corrected chi connectivity index (χ2v) is 8.08. The van der Waals surface area contributed by atoms with Crippen LogP contribution in [0.15, 0.2) is 12.1 Å². The normalized spacial score (nSPS) is 22.1. The second kappa shape index (κ2) is 7.42. The number of rotatable bonds is 2. The highest BCUT2D eigenvalue weighted by molar-refractivity contribution is 6.35. The van der Waals surface area contributed by atoms with Crippen LogP contribution in [0.2, 0.25) is 5.02 Å². The lowest BCUT2D eigenvalue weighted by molar-refractivity contribution is -0.137. The van der Waals surface area contributed by atoms with E-state index in [0.717, 1.165) is 6.07 Å². The molecule has 6 nitrogen and oxygen atoms in total. The molecule has 0 unspecified atom stereocenters. The van der Waals surface area contributed by atoms with E-state index in [0.29, 0.717) is 0 Å². The zero-order valence-corrected chi connectivity index (χ0v) is 16.8. The fourth-order valence-corrected chi connectivity index (χ4v) is 4.33. The van der Waals surface area contributed by atoms with Gasteiger partial charge in [0.1, 0.15) is 11.5 Å². The van der Waals surface area contributed by atoms with Crippen LogP contribution in [0, 0.1) is 11.6 Å². The Morgan fingerprint density at radius 2 is 1.77 bits per heavy atom. The number of aromatic amines is 1. The molecule has 2 aromatic rings. The van der Waals surface area contributed by atoms with Crippen molar-refractivity contribution in [3.8, 4) is 0 Å². The van der Waals surface area contributed by atoms with Gasteiger partial charge in [-0.15, -0.1) is 0 Å². The number of benzene rings is 1. The summed E-state index contributed by atoms with van der Waals surface area (Å²) in [7, 11) is 1.48. The molecule has 3 heterocycles. The number of amides is 2. The van der Waals surface area contributed by atoms with Gasteiger partial charge in [-0.25, -0.2) is 17.6 Å². The van der Waals surface area contributed by atoms with Crippen molar-refractivity contribution >= 4 is 34.3 Å². The van der Waals surface area contributed by atoms with Crippen LogP contribution in [0.3, 0.4) is 0 Å². The first-order chi connectivity index (χ1) is 14.1. The molecule has 1 N–H and O–H groups in total. The molecule has 162 valence electrons. The number of likely N-dealkylation sites (tertiary alicyclic amines) is 1. The molecule has 1 aromatic carbocycles. The number of aromatic nitrogens is 1. The van der Waals surface area contributed by atoms with Crippen LogP contribution in [-0.2, 0) is 4.79 Å². The largest absolute Gasteiger partial charge is 0.348 e. The number of alkyl halides is 2. The minimum atomic E-state index is -2.90. The number of likely N-dealkylation sites (N-methyl/N-ethyl adjacent to an activating group) is 1. The molecule has 2 aliphatic heterocycles. The van der Waals surface area contributed by atoms with Crippen molar-refractivity contribution < 1.29 is 27.2 Å². The molecule has 2 fully saturated rings. The number of hydrogen-bond donors (Lipinski definition) is 1. The van der Waals surface area contributed by atoms with Gasteiger partial charge in [0.15, 0.2) is 5.82 Å². The fraction of sp³-hybridized carbons (Fsp3) is 0.474. The van der Waals surface area contributed by atoms with E-state index >= 15 is 0 Å². The van der Waals surface area contributed by atoms with E-state index in [9.17, 15) is 27.2 Å². The van der Waals surface area contributed by atoms with E-state index < -0.39 is 53.4 Å². The monoisotopic (exact) mass is 446 g/mol. The summed E-state index contributed by atoms with van der Waals surface area (Å²) < 4.78 is 55.5. The SMILES string of the molecule is CN1CC(F)(F)C[C@H]1C(=O)N1CCN(C(=O)c2[nH]c3ccc(F)c(Cl)c3c2F)CC1. The lowest BCUT2D eigenvalue weighted by atomic mass is 10.1. The van der Waals surface area contributed by atoms with Crippen molar-refractivity contribution in [2.45, 2.75) is 18.4 Å². The first kappa shape index (κ1) is 20.9. The number of piperazine rings is 1. The van der Waals surface area contributed by atoms with Crippen LogP contribution in [0.1, 0.15) is 16.9 Å². The van der Waals surface area contributed by atoms with Gasteiger partial charge in [0, 0.05) is 32.6 Å². The van der Waals surface area contributed by atoms with Gasteiger partial charge in [-0.2, -0.15) is 0 Å². The van der Waals surface area contributed by atoms with Gasteiger partial charge < -0.3 is 14.8 Å². The van der Waals surface area contributed by atoms with E-state index in [1.54, 1.807) is 0 Å². The Hall–Kier alpha value is -2.33. The third kappa shape index (κ3) is 3.51. The minimum Gasteiger partial charge on any atom is -0.348 e. The molecule has 1 aromatic heterocycles. The summed E-state index contributed by atoms with van der Waals surface area (Å²) in [5, 5.41) is -0.604. The lowest BCUT2D eigenvalue weighted by Crippen LogP contribution is -2.54. The molecule has 0 bridgehead atoms. The number of fused-ring (bicyclic) bond motifs is 1. The highest BCUT2D eigenvalue weighted by Crippen LogP contribution is 2.33. The van der Waals surface area contributed by atoms with E-state index in [2.05, 4.69) is 4.98 Å². The van der Waals surface area contributed by atoms with E-state index in [1.165, 1.54) is 27.8 Å². The maximum absolute atomic E-state index is 14.7. The first-order valence-electron chi connectivity index (χ1n) is 9.40. The lowest BCUT2D eigenvalue weighted by Gasteiger charge is -2.36. The predicted molar refractivity (Wildman–Crippen MR) is 102 cm³/mol. The van der Waals surface area contributed by atoms with Gasteiger partial charge in [-0.3, -0.25) is 14.5 Å². The van der Waals surface area contributed by atoms with Gasteiger partial charge in [0.25, 0.3) is 11.8 Å². The minimum absolute atomic E-state index is 0.119. The number of hydrogen-bond acceptors (Lipinski definition) is 3. The van der Waals surface area contributed by atoms with E-state index in [4.69, 9.17) is 11.6 Å². The molecule has 0 saturated carbocycles. The highest BCUT2D eigenvalue weighted by Gasteiger charge is 2.47. The van der Waals surface area contributed by atoms with Crippen LogP contribution in [0.25, 0.3) is 10.9 Å². The van der Waals surface area contributed by atoms with Gasteiger partial charge in [0.2, 0.25) is 5.91 Å². The average molecular weight is 447 g/mol. The maximum Gasteiger partial charge on any atom is 0.273 e. The van der Waals surface area contributed by atoms with Gasteiger partial charge in [-0.05, 0) is 19.2 Å². The first-order valence-corrected chi connectivity index (χ1v) is 9.78. The van der Waals surface area contributed by atoms with Gasteiger partial charge in [0.05, 0.1) is 28.5 Å².